The average Bonchev–Trinajstić information content (AvgIpc) is 3.22. The molecule has 11 atom stereocenters. The SMILES string of the molecule is CC[C@H]1[C@@H](O)[C@@H]2[C@H](CC[C@]3(C)[C@@H]([C@H](C)CCOc4ccccc4C(=O)O)CC[C@@H]23)[C@@]2(C)CC[C@@H](O)C[C@@H]12. The zero-order valence-electron chi connectivity index (χ0n) is 23.2. The number of aliphatic hydroxyl groups excluding tert-OH is 2. The van der Waals surface area contributed by atoms with Crippen molar-refractivity contribution in [2.75, 3.05) is 6.61 Å². The Bertz CT molecular complexity index is 978. The maximum atomic E-state index is 11.9. The molecule has 0 radical (unpaired) electrons. The molecule has 0 amide bonds. The summed E-state index contributed by atoms with van der Waals surface area (Å²) < 4.78 is 5.97. The molecule has 0 spiro atoms. The van der Waals surface area contributed by atoms with Gasteiger partial charge in [-0.2, -0.15) is 0 Å². The second-order valence-electron chi connectivity index (χ2n) is 13.5. The van der Waals surface area contributed by atoms with Crippen LogP contribution in [-0.4, -0.2) is 40.1 Å². The van der Waals surface area contributed by atoms with Gasteiger partial charge in [0, 0.05) is 0 Å². The van der Waals surface area contributed by atoms with Crippen LogP contribution in [0.3, 0.4) is 0 Å². The molecule has 206 valence electrons. The lowest BCUT2D eigenvalue weighted by atomic mass is 9.41. The zero-order chi connectivity index (χ0) is 26.5. The van der Waals surface area contributed by atoms with E-state index in [0.717, 1.165) is 32.1 Å². The van der Waals surface area contributed by atoms with E-state index in [0.29, 0.717) is 53.8 Å². The van der Waals surface area contributed by atoms with Gasteiger partial charge in [-0.3, -0.25) is 0 Å². The topological polar surface area (TPSA) is 87.0 Å². The minimum Gasteiger partial charge on any atom is -0.493 e. The van der Waals surface area contributed by atoms with E-state index in [9.17, 15) is 20.1 Å². The number of fused-ring (bicyclic) bond motifs is 5. The fourth-order valence-electron chi connectivity index (χ4n) is 10.3. The zero-order valence-corrected chi connectivity index (χ0v) is 23.2. The van der Waals surface area contributed by atoms with Crippen molar-refractivity contribution in [1.29, 1.82) is 0 Å². The van der Waals surface area contributed by atoms with Gasteiger partial charge in [0.05, 0.1) is 18.8 Å². The summed E-state index contributed by atoms with van der Waals surface area (Å²) in [5.74, 6) is 2.80. The second-order valence-corrected chi connectivity index (χ2v) is 13.5. The first-order valence-electron chi connectivity index (χ1n) is 14.9. The molecule has 4 aliphatic carbocycles. The van der Waals surface area contributed by atoms with Crippen LogP contribution in [0, 0.1) is 52.3 Å². The number of hydrogen-bond acceptors (Lipinski definition) is 4. The Labute approximate surface area is 223 Å². The average molecular weight is 513 g/mol. The third-order valence-electron chi connectivity index (χ3n) is 12.1. The van der Waals surface area contributed by atoms with Crippen LogP contribution in [0.2, 0.25) is 0 Å². The minimum absolute atomic E-state index is 0.203. The van der Waals surface area contributed by atoms with Gasteiger partial charge in [-0.25, -0.2) is 4.79 Å². The van der Waals surface area contributed by atoms with Crippen LogP contribution >= 0.6 is 0 Å². The van der Waals surface area contributed by atoms with Gasteiger partial charge < -0.3 is 20.1 Å². The van der Waals surface area contributed by atoms with Gasteiger partial charge in [0.1, 0.15) is 11.3 Å². The van der Waals surface area contributed by atoms with Crippen molar-refractivity contribution >= 4 is 5.97 Å². The number of carboxylic acid groups (broad SMARTS) is 1. The molecule has 4 saturated carbocycles. The van der Waals surface area contributed by atoms with E-state index in [-0.39, 0.29) is 28.6 Å². The molecule has 5 heteroatoms. The molecule has 0 bridgehead atoms. The van der Waals surface area contributed by atoms with Gasteiger partial charge in [0.15, 0.2) is 0 Å². The second kappa shape index (κ2) is 10.2. The van der Waals surface area contributed by atoms with Crippen LogP contribution in [-0.2, 0) is 0 Å². The first-order valence-corrected chi connectivity index (χ1v) is 14.9. The maximum Gasteiger partial charge on any atom is 0.339 e. The van der Waals surface area contributed by atoms with Crippen LogP contribution in [0.25, 0.3) is 0 Å². The van der Waals surface area contributed by atoms with Crippen LogP contribution in [0.4, 0.5) is 0 Å². The maximum absolute atomic E-state index is 11.9. The lowest BCUT2D eigenvalue weighted by Crippen LogP contribution is -2.62. The molecule has 1 aromatic rings. The predicted octanol–water partition coefficient (Wildman–Crippen LogP) is 6.42. The highest BCUT2D eigenvalue weighted by Gasteiger charge is 2.64. The van der Waals surface area contributed by atoms with Crippen LogP contribution in [0.5, 0.6) is 5.75 Å². The number of hydrogen-bond donors (Lipinski definition) is 3. The predicted molar refractivity (Wildman–Crippen MR) is 144 cm³/mol. The number of ether oxygens (including phenoxy) is 1. The van der Waals surface area contributed by atoms with E-state index in [4.69, 9.17) is 4.74 Å². The van der Waals surface area contributed by atoms with Gasteiger partial charge in [0.2, 0.25) is 0 Å². The minimum atomic E-state index is -0.952. The standard InChI is InChI=1S/C32H48O5/c1-5-21-26-18-20(33)12-15-32(26,4)25-13-16-31(3)23(10-11-24(31)28(25)29(21)34)19(2)14-17-37-27-9-7-6-8-22(27)30(35)36/h6-9,19-21,23-26,28-29,33-34H,5,10-18H2,1-4H3,(H,35,36)/t19-,20-,21-,23-,24+,25+,26+,28+,29-,31-,32-/m1/s1. The fraction of sp³-hybridized carbons (Fsp3) is 0.781. The smallest absolute Gasteiger partial charge is 0.339 e. The van der Waals surface area contributed by atoms with Crippen molar-refractivity contribution in [1.82, 2.24) is 0 Å². The summed E-state index contributed by atoms with van der Waals surface area (Å²) in [6.45, 7) is 10.1. The molecule has 0 aromatic heterocycles. The Balaban J connectivity index is 1.30. The number of carbonyl (C=O) groups is 1. The summed E-state index contributed by atoms with van der Waals surface area (Å²) in [5.41, 5.74) is 0.691. The van der Waals surface area contributed by atoms with Crippen molar-refractivity contribution in [3.05, 3.63) is 29.8 Å². The van der Waals surface area contributed by atoms with Gasteiger partial charge in [0.25, 0.3) is 0 Å². The molecule has 0 heterocycles. The number of aliphatic hydroxyl groups is 2. The lowest BCUT2D eigenvalue weighted by molar-refractivity contribution is -0.203. The normalized spacial score (nSPS) is 43.8. The van der Waals surface area contributed by atoms with Crippen LogP contribution in [0.15, 0.2) is 24.3 Å². The summed E-state index contributed by atoms with van der Waals surface area (Å²) >= 11 is 0. The molecular weight excluding hydrogens is 464 g/mol. The highest BCUT2D eigenvalue weighted by atomic mass is 16.5. The van der Waals surface area contributed by atoms with Crippen LogP contribution < -0.4 is 4.74 Å². The third-order valence-corrected chi connectivity index (χ3v) is 12.1. The molecule has 0 saturated heterocycles. The first-order chi connectivity index (χ1) is 17.6. The van der Waals surface area contributed by atoms with Gasteiger partial charge in [-0.05, 0) is 116 Å². The Morgan fingerprint density at radius 2 is 1.73 bits per heavy atom. The monoisotopic (exact) mass is 512 g/mol. The molecule has 0 unspecified atom stereocenters. The number of para-hydroxylation sites is 1. The number of aromatic carboxylic acids is 1. The molecule has 3 N–H and O–H groups in total. The first kappa shape index (κ1) is 27.0. The Morgan fingerprint density at radius 3 is 2.46 bits per heavy atom. The summed E-state index contributed by atoms with van der Waals surface area (Å²) in [5, 5.41) is 31.8. The van der Waals surface area contributed by atoms with Crippen molar-refractivity contribution < 1.29 is 24.9 Å². The Kier molecular flexibility index (Phi) is 7.43. The summed E-state index contributed by atoms with van der Waals surface area (Å²) in [6.07, 6.45) is 9.15. The highest BCUT2D eigenvalue weighted by molar-refractivity contribution is 5.90. The van der Waals surface area contributed by atoms with Gasteiger partial charge >= 0.3 is 5.97 Å². The van der Waals surface area contributed by atoms with Crippen LogP contribution in [0.1, 0.15) is 95.8 Å². The number of benzene rings is 1. The van der Waals surface area contributed by atoms with E-state index in [1.807, 2.05) is 6.07 Å². The van der Waals surface area contributed by atoms with Gasteiger partial charge in [-0.1, -0.05) is 46.2 Å². The van der Waals surface area contributed by atoms with Gasteiger partial charge in [-0.15, -0.1) is 0 Å². The van der Waals surface area contributed by atoms with E-state index in [1.54, 1.807) is 18.2 Å². The fourth-order valence-corrected chi connectivity index (χ4v) is 10.3. The van der Waals surface area contributed by atoms with Crippen molar-refractivity contribution in [3.63, 3.8) is 0 Å². The molecule has 0 aliphatic heterocycles. The van der Waals surface area contributed by atoms with E-state index in [2.05, 4.69) is 27.7 Å². The molecular formula is C32H48O5. The molecule has 1 aromatic carbocycles. The summed E-state index contributed by atoms with van der Waals surface area (Å²) in [6, 6.07) is 6.90. The Morgan fingerprint density at radius 1 is 1.03 bits per heavy atom. The van der Waals surface area contributed by atoms with E-state index < -0.39 is 5.97 Å². The molecule has 5 rings (SSSR count). The van der Waals surface area contributed by atoms with Crippen molar-refractivity contribution in [2.24, 2.45) is 52.3 Å². The molecule has 5 nitrogen and oxygen atoms in total. The summed E-state index contributed by atoms with van der Waals surface area (Å²) in [4.78, 5) is 11.5. The summed E-state index contributed by atoms with van der Waals surface area (Å²) in [7, 11) is 0. The number of rotatable bonds is 7. The highest BCUT2D eigenvalue weighted by Crippen LogP contribution is 2.69. The van der Waals surface area contributed by atoms with Crippen molar-refractivity contribution in [2.45, 2.75) is 97.7 Å². The third kappa shape index (κ3) is 4.42. The molecule has 37 heavy (non-hydrogen) atoms. The number of carboxylic acids is 1. The lowest BCUT2D eigenvalue weighted by Gasteiger charge is -2.64. The molecule has 4 aliphatic rings. The van der Waals surface area contributed by atoms with E-state index in [1.165, 1.54) is 25.7 Å². The largest absolute Gasteiger partial charge is 0.493 e. The van der Waals surface area contributed by atoms with E-state index >= 15 is 0 Å². The Hall–Kier alpha value is -1.59. The molecule has 4 fully saturated rings. The van der Waals surface area contributed by atoms with Crippen molar-refractivity contribution in [3.8, 4) is 5.75 Å². The quantitative estimate of drug-likeness (QED) is 0.393.